The quantitative estimate of drug-likeness (QED) is 0.250. The third-order valence-corrected chi connectivity index (χ3v) is 6.55. The zero-order valence-corrected chi connectivity index (χ0v) is 21.8. The molecule has 8 nitrogen and oxygen atoms in total. The lowest BCUT2D eigenvalue weighted by Crippen LogP contribution is -2.15. The van der Waals surface area contributed by atoms with E-state index in [4.69, 9.17) is 49.0 Å². The molecule has 0 saturated heterocycles. The third-order valence-electron chi connectivity index (χ3n) is 4.70. The Morgan fingerprint density at radius 3 is 2.47 bits per heavy atom. The molecule has 0 bridgehead atoms. The molecular weight excluding hydrogens is 523 g/mol. The number of nitrogens with zero attached hydrogens (tertiary/aromatic N) is 3. The number of carbonyl (C=O) groups excluding carboxylic acids is 1. The van der Waals surface area contributed by atoms with Crippen molar-refractivity contribution < 1.29 is 19.0 Å². The number of nitrogens with one attached hydrogen (secondary N) is 1. The van der Waals surface area contributed by atoms with E-state index in [0.717, 1.165) is 5.82 Å². The molecule has 0 saturated carbocycles. The first-order chi connectivity index (χ1) is 16.3. The van der Waals surface area contributed by atoms with Crippen molar-refractivity contribution in [3.05, 3.63) is 51.2 Å². The van der Waals surface area contributed by atoms with E-state index in [9.17, 15) is 4.79 Å². The van der Waals surface area contributed by atoms with Crippen LogP contribution in [-0.4, -0.2) is 47.3 Å². The minimum absolute atomic E-state index is 0.137. The van der Waals surface area contributed by atoms with Gasteiger partial charge in [0.05, 0.1) is 42.3 Å². The summed E-state index contributed by atoms with van der Waals surface area (Å²) in [6, 6.07) is 8.31. The van der Waals surface area contributed by atoms with Crippen molar-refractivity contribution in [2.24, 2.45) is 7.05 Å². The molecule has 1 aromatic heterocycles. The molecule has 34 heavy (non-hydrogen) atoms. The van der Waals surface area contributed by atoms with Crippen LogP contribution in [0.5, 0.6) is 17.2 Å². The van der Waals surface area contributed by atoms with Gasteiger partial charge in [-0.05, 0) is 24.6 Å². The van der Waals surface area contributed by atoms with Gasteiger partial charge in [0, 0.05) is 30.6 Å². The minimum Gasteiger partial charge on any atom is -0.495 e. The van der Waals surface area contributed by atoms with Gasteiger partial charge in [-0.25, -0.2) is 0 Å². The number of anilines is 1. The fourth-order valence-corrected chi connectivity index (χ4v) is 4.39. The number of aromatic nitrogens is 3. The van der Waals surface area contributed by atoms with Crippen LogP contribution < -0.4 is 19.5 Å². The van der Waals surface area contributed by atoms with Gasteiger partial charge in [0.2, 0.25) is 5.91 Å². The molecule has 182 valence electrons. The fraction of sp³-hybridized carbons (Fsp3) is 0.318. The molecule has 0 atom stereocenters. The molecule has 12 heteroatoms. The summed E-state index contributed by atoms with van der Waals surface area (Å²) in [4.78, 5) is 12.5. The zero-order chi connectivity index (χ0) is 24.7. The van der Waals surface area contributed by atoms with Crippen molar-refractivity contribution in [1.29, 1.82) is 0 Å². The molecule has 1 amide bonds. The Balaban J connectivity index is 1.50. The summed E-state index contributed by atoms with van der Waals surface area (Å²) in [7, 11) is 4.86. The zero-order valence-electron chi connectivity index (χ0n) is 18.7. The Morgan fingerprint density at radius 1 is 1.03 bits per heavy atom. The highest BCUT2D eigenvalue weighted by Gasteiger charge is 2.15. The van der Waals surface area contributed by atoms with E-state index in [1.807, 2.05) is 11.6 Å². The summed E-state index contributed by atoms with van der Waals surface area (Å²) in [5, 5.41) is 13.3. The first kappa shape index (κ1) is 26.3. The second-order valence-corrected chi connectivity index (χ2v) is 9.20. The highest BCUT2D eigenvalue weighted by Crippen LogP contribution is 2.36. The van der Waals surface area contributed by atoms with Crippen molar-refractivity contribution in [3.63, 3.8) is 0 Å². The number of thioether (sulfide) groups is 1. The highest BCUT2D eigenvalue weighted by molar-refractivity contribution is 7.99. The van der Waals surface area contributed by atoms with Gasteiger partial charge in [0.25, 0.3) is 0 Å². The van der Waals surface area contributed by atoms with Gasteiger partial charge in [0.1, 0.15) is 23.1 Å². The van der Waals surface area contributed by atoms with Gasteiger partial charge in [-0.2, -0.15) is 0 Å². The Labute approximate surface area is 216 Å². The van der Waals surface area contributed by atoms with E-state index < -0.39 is 0 Å². The molecule has 1 heterocycles. The largest absolute Gasteiger partial charge is 0.495 e. The van der Waals surface area contributed by atoms with Crippen LogP contribution in [0.25, 0.3) is 0 Å². The maximum absolute atomic E-state index is 12.5. The molecule has 0 aliphatic heterocycles. The van der Waals surface area contributed by atoms with Crippen LogP contribution in [0.3, 0.4) is 0 Å². The van der Waals surface area contributed by atoms with E-state index in [1.54, 1.807) is 30.3 Å². The SMILES string of the molecule is COc1cc(NC(=O)CSc2nnc(CCCOc3ccc(Cl)cc3Cl)n2C)c(OC)cc1Cl. The maximum Gasteiger partial charge on any atom is 0.234 e. The number of rotatable bonds is 11. The first-order valence-corrected chi connectivity index (χ1v) is 12.2. The predicted molar refractivity (Wildman–Crippen MR) is 135 cm³/mol. The lowest BCUT2D eigenvalue weighted by molar-refractivity contribution is -0.113. The second-order valence-electron chi connectivity index (χ2n) is 7.01. The third kappa shape index (κ3) is 6.85. The molecule has 0 radical (unpaired) electrons. The molecule has 1 N–H and O–H groups in total. The standard InChI is InChI=1S/C22H23Cl3N4O4S/c1-29-20(5-4-8-33-17-7-6-13(23)9-14(17)24)27-28-22(29)34-12-21(30)26-16-11-18(31-2)15(25)10-19(16)32-3/h6-7,9-11H,4-5,8,12H2,1-3H3,(H,26,30). The van der Waals surface area contributed by atoms with Crippen molar-refractivity contribution in [2.75, 3.05) is 31.9 Å². The lowest BCUT2D eigenvalue weighted by Gasteiger charge is -2.13. The van der Waals surface area contributed by atoms with Crippen LogP contribution in [0, 0.1) is 0 Å². The highest BCUT2D eigenvalue weighted by atomic mass is 35.5. The summed E-state index contributed by atoms with van der Waals surface area (Å²) in [5.41, 5.74) is 0.466. The van der Waals surface area contributed by atoms with Crippen LogP contribution in [0.15, 0.2) is 35.5 Å². The number of carbonyl (C=O) groups is 1. The molecule has 3 rings (SSSR count). The van der Waals surface area contributed by atoms with Crippen LogP contribution in [-0.2, 0) is 18.3 Å². The van der Waals surface area contributed by atoms with E-state index in [0.29, 0.717) is 62.6 Å². The van der Waals surface area contributed by atoms with Gasteiger partial charge in [-0.1, -0.05) is 46.6 Å². The number of hydrogen-bond acceptors (Lipinski definition) is 7. The Bertz CT molecular complexity index is 1160. The van der Waals surface area contributed by atoms with E-state index in [2.05, 4.69) is 15.5 Å². The number of halogens is 3. The molecular formula is C22H23Cl3N4O4S. The van der Waals surface area contributed by atoms with Crippen LogP contribution >= 0.6 is 46.6 Å². The summed E-state index contributed by atoms with van der Waals surface area (Å²) in [6.07, 6.45) is 1.37. The molecule has 3 aromatic rings. The summed E-state index contributed by atoms with van der Waals surface area (Å²) in [6.45, 7) is 0.464. The van der Waals surface area contributed by atoms with E-state index >= 15 is 0 Å². The number of aryl methyl sites for hydroxylation is 1. The van der Waals surface area contributed by atoms with Crippen molar-refractivity contribution in [2.45, 2.75) is 18.0 Å². The van der Waals surface area contributed by atoms with Crippen LogP contribution in [0.1, 0.15) is 12.2 Å². The van der Waals surface area contributed by atoms with E-state index in [1.165, 1.54) is 26.0 Å². The first-order valence-electron chi connectivity index (χ1n) is 10.1. The summed E-state index contributed by atoms with van der Waals surface area (Å²) >= 11 is 19.4. The summed E-state index contributed by atoms with van der Waals surface area (Å²) in [5.74, 6) is 2.15. The Kier molecular flexibility index (Phi) is 9.58. The molecule has 0 unspecified atom stereocenters. The monoisotopic (exact) mass is 544 g/mol. The normalized spacial score (nSPS) is 10.8. The van der Waals surface area contributed by atoms with Gasteiger partial charge in [-0.3, -0.25) is 4.79 Å². The van der Waals surface area contributed by atoms with E-state index in [-0.39, 0.29) is 11.7 Å². The average Bonchev–Trinajstić information content (AvgIpc) is 3.16. The molecule has 0 fully saturated rings. The number of benzene rings is 2. The predicted octanol–water partition coefficient (Wildman–Crippen LogP) is 5.53. The van der Waals surface area contributed by atoms with Crippen molar-refractivity contribution >= 4 is 58.2 Å². The molecule has 0 aliphatic rings. The van der Waals surface area contributed by atoms with Crippen LogP contribution in [0.4, 0.5) is 5.69 Å². The van der Waals surface area contributed by atoms with Crippen LogP contribution in [0.2, 0.25) is 15.1 Å². The molecule has 2 aromatic carbocycles. The maximum atomic E-state index is 12.5. The number of amides is 1. The fourth-order valence-electron chi connectivity index (χ4n) is 2.97. The summed E-state index contributed by atoms with van der Waals surface area (Å²) < 4.78 is 18.1. The van der Waals surface area contributed by atoms with Gasteiger partial charge >= 0.3 is 0 Å². The van der Waals surface area contributed by atoms with Gasteiger partial charge in [0.15, 0.2) is 5.16 Å². The molecule has 0 aliphatic carbocycles. The smallest absolute Gasteiger partial charge is 0.234 e. The number of hydrogen-bond donors (Lipinski definition) is 1. The van der Waals surface area contributed by atoms with Gasteiger partial charge in [-0.15, -0.1) is 10.2 Å². The second kappa shape index (κ2) is 12.4. The Morgan fingerprint density at radius 2 is 1.76 bits per heavy atom. The lowest BCUT2D eigenvalue weighted by atomic mass is 10.2. The van der Waals surface area contributed by atoms with Crippen molar-refractivity contribution in [3.8, 4) is 17.2 Å². The average molecular weight is 546 g/mol. The molecule has 0 spiro atoms. The topological polar surface area (TPSA) is 87.5 Å². The Hall–Kier alpha value is -2.33. The van der Waals surface area contributed by atoms with Crippen molar-refractivity contribution in [1.82, 2.24) is 14.8 Å². The van der Waals surface area contributed by atoms with Gasteiger partial charge < -0.3 is 24.1 Å². The number of methoxy groups -OCH3 is 2. The minimum atomic E-state index is -0.231. The number of ether oxygens (including phenoxy) is 3.